The molecule has 16 heavy (non-hydrogen) atoms. The molecule has 3 nitrogen and oxygen atoms in total. The van der Waals surface area contributed by atoms with Crippen LogP contribution >= 0.6 is 11.6 Å². The molecule has 0 saturated carbocycles. The van der Waals surface area contributed by atoms with Gasteiger partial charge in [0.25, 0.3) is 0 Å². The van der Waals surface area contributed by atoms with Crippen molar-refractivity contribution in [3.8, 4) is 5.75 Å². The fraction of sp³-hybridized carbons (Fsp3) is 0.182. The number of hydrogen-bond donors (Lipinski definition) is 0. The molecule has 0 heterocycles. The van der Waals surface area contributed by atoms with E-state index in [0.29, 0.717) is 11.6 Å². The molecular formula is C11H12ClNaO3. The Hall–Kier alpha value is -0.480. The van der Waals surface area contributed by atoms with Crippen molar-refractivity contribution in [1.82, 2.24) is 0 Å². The van der Waals surface area contributed by atoms with Crippen LogP contribution in [0.1, 0.15) is 0 Å². The van der Waals surface area contributed by atoms with Crippen LogP contribution < -0.4 is 4.74 Å². The van der Waals surface area contributed by atoms with Crippen molar-refractivity contribution in [3.05, 3.63) is 42.7 Å². The number of ether oxygens (including phenoxy) is 2. The van der Waals surface area contributed by atoms with E-state index in [-0.39, 0.29) is 36.2 Å². The first kappa shape index (κ1) is 15.5. The van der Waals surface area contributed by atoms with Crippen LogP contribution in [0.5, 0.6) is 5.75 Å². The fourth-order valence-corrected chi connectivity index (χ4v) is 0.926. The summed E-state index contributed by atoms with van der Waals surface area (Å²) in [5.41, 5.74) is 0. The number of hydrogen-bond acceptors (Lipinski definition) is 3. The molecule has 82 valence electrons. The first-order chi connectivity index (χ1) is 7.33. The van der Waals surface area contributed by atoms with Gasteiger partial charge in [-0.2, -0.15) is 0 Å². The van der Waals surface area contributed by atoms with Gasteiger partial charge in [-0.15, -0.1) is 11.6 Å². The zero-order valence-corrected chi connectivity index (χ0v) is 8.81. The number of benzene rings is 1. The first-order valence-electron chi connectivity index (χ1n) is 4.41. The Morgan fingerprint density at radius 2 is 2.00 bits per heavy atom. The molecule has 5 heteroatoms. The monoisotopic (exact) mass is 250 g/mol. The number of carbonyl (C=O) groups is 1. The molecule has 0 aliphatic carbocycles. The van der Waals surface area contributed by atoms with Gasteiger partial charge in [-0.25, -0.2) is 4.79 Å². The summed E-state index contributed by atoms with van der Waals surface area (Å²) < 4.78 is 9.83. The minimum absolute atomic E-state index is 0. The molecule has 0 bridgehead atoms. The molecule has 0 N–H and O–H groups in total. The molecule has 0 spiro atoms. The summed E-state index contributed by atoms with van der Waals surface area (Å²) in [7, 11) is 0. The van der Waals surface area contributed by atoms with E-state index < -0.39 is 5.97 Å². The van der Waals surface area contributed by atoms with Crippen LogP contribution in [0.25, 0.3) is 0 Å². The Morgan fingerprint density at radius 1 is 1.31 bits per heavy atom. The van der Waals surface area contributed by atoms with Crippen LogP contribution in [0.3, 0.4) is 0 Å². The summed E-state index contributed by atoms with van der Waals surface area (Å²) in [5.74, 6) is 0.489. The second-order valence-electron chi connectivity index (χ2n) is 2.62. The van der Waals surface area contributed by atoms with Gasteiger partial charge in [-0.05, 0) is 18.2 Å². The molecule has 0 unspecified atom stereocenters. The fourth-order valence-electron chi connectivity index (χ4n) is 0.853. The number of rotatable bonds is 5. The number of para-hydroxylation sites is 1. The van der Waals surface area contributed by atoms with Crippen LogP contribution in [0.4, 0.5) is 0 Å². The Balaban J connectivity index is 0.00000225. The summed E-state index contributed by atoms with van der Waals surface area (Å²) in [6.07, 6.45) is 2.78. The molecular weight excluding hydrogens is 239 g/mol. The average Bonchev–Trinajstić information content (AvgIpc) is 2.28. The maximum absolute atomic E-state index is 11.0. The van der Waals surface area contributed by atoms with Crippen molar-refractivity contribution >= 4 is 47.1 Å². The summed E-state index contributed by atoms with van der Waals surface area (Å²) in [4.78, 5) is 11.0. The van der Waals surface area contributed by atoms with Gasteiger partial charge in [0.2, 0.25) is 0 Å². The molecule has 0 aromatic heterocycles. The molecule has 1 aromatic rings. The van der Waals surface area contributed by atoms with E-state index >= 15 is 0 Å². The molecule has 0 aliphatic heterocycles. The molecule has 0 aliphatic rings. The zero-order chi connectivity index (χ0) is 10.9. The van der Waals surface area contributed by atoms with E-state index in [1.807, 2.05) is 18.2 Å². The third kappa shape index (κ3) is 6.90. The second-order valence-corrected chi connectivity index (χ2v) is 2.93. The van der Waals surface area contributed by atoms with Crippen molar-refractivity contribution in [2.75, 3.05) is 12.5 Å². The summed E-state index contributed by atoms with van der Waals surface area (Å²) >= 11 is 5.35. The first-order valence-corrected chi connectivity index (χ1v) is 4.94. The Labute approximate surface area is 122 Å². The normalized spacial score (nSPS) is 9.56. The predicted octanol–water partition coefficient (Wildman–Crippen LogP) is 1.71. The predicted molar refractivity (Wildman–Crippen MR) is 65.0 cm³/mol. The van der Waals surface area contributed by atoms with Crippen LogP contribution in [-0.2, 0) is 9.53 Å². The van der Waals surface area contributed by atoms with Gasteiger partial charge in [-0.1, -0.05) is 18.2 Å². The van der Waals surface area contributed by atoms with Crippen molar-refractivity contribution in [1.29, 1.82) is 0 Å². The number of alkyl halides is 1. The van der Waals surface area contributed by atoms with Gasteiger partial charge in [-0.3, -0.25) is 0 Å². The van der Waals surface area contributed by atoms with Gasteiger partial charge in [0.15, 0.2) is 6.61 Å². The Bertz CT molecular complexity index is 327. The van der Waals surface area contributed by atoms with Crippen LogP contribution in [-0.4, -0.2) is 48.0 Å². The number of carbonyl (C=O) groups excluding carboxylic acids is 1. The maximum atomic E-state index is 11.0. The number of halogens is 1. The second kappa shape index (κ2) is 9.73. The van der Waals surface area contributed by atoms with E-state index in [1.165, 1.54) is 12.3 Å². The van der Waals surface area contributed by atoms with Gasteiger partial charge >= 0.3 is 35.5 Å². The summed E-state index contributed by atoms with van der Waals surface area (Å²) in [6.45, 7) is -0.114. The molecule has 0 atom stereocenters. The van der Waals surface area contributed by atoms with Crippen LogP contribution in [0.15, 0.2) is 42.7 Å². The SMILES string of the molecule is O=C(COc1ccccc1)OC=CCCl.[NaH]. The van der Waals surface area contributed by atoms with Crippen molar-refractivity contribution in [2.24, 2.45) is 0 Å². The molecule has 1 aromatic carbocycles. The zero-order valence-electron chi connectivity index (χ0n) is 8.06. The molecule has 0 fully saturated rings. The number of esters is 1. The third-order valence-corrected chi connectivity index (χ3v) is 1.66. The summed E-state index contributed by atoms with van der Waals surface area (Å²) in [5, 5.41) is 0. The van der Waals surface area contributed by atoms with Gasteiger partial charge in [0.1, 0.15) is 5.75 Å². The van der Waals surface area contributed by atoms with Crippen LogP contribution in [0, 0.1) is 0 Å². The van der Waals surface area contributed by atoms with Gasteiger partial charge < -0.3 is 9.47 Å². The standard InChI is InChI=1S/C11H11ClO3.Na.H/c12-7-4-8-14-11(13)9-15-10-5-2-1-3-6-10;;/h1-6,8H,7,9H2;;. The molecule has 0 radical (unpaired) electrons. The third-order valence-electron chi connectivity index (χ3n) is 1.48. The molecule has 0 saturated heterocycles. The topological polar surface area (TPSA) is 35.5 Å². The van der Waals surface area contributed by atoms with E-state index in [4.69, 9.17) is 16.3 Å². The Morgan fingerprint density at radius 3 is 2.62 bits per heavy atom. The number of allylic oxidation sites excluding steroid dienone is 1. The van der Waals surface area contributed by atoms with Gasteiger partial charge in [0, 0.05) is 5.88 Å². The van der Waals surface area contributed by atoms with Crippen molar-refractivity contribution in [2.45, 2.75) is 0 Å². The van der Waals surface area contributed by atoms with E-state index in [2.05, 4.69) is 4.74 Å². The average molecular weight is 251 g/mol. The molecule has 1 rings (SSSR count). The van der Waals surface area contributed by atoms with E-state index in [9.17, 15) is 4.79 Å². The van der Waals surface area contributed by atoms with Gasteiger partial charge in [0.05, 0.1) is 6.26 Å². The van der Waals surface area contributed by atoms with Crippen molar-refractivity contribution < 1.29 is 14.3 Å². The van der Waals surface area contributed by atoms with Crippen LogP contribution in [0.2, 0.25) is 0 Å². The van der Waals surface area contributed by atoms with E-state index in [1.54, 1.807) is 12.1 Å². The molecule has 0 amide bonds. The quantitative estimate of drug-likeness (QED) is 0.345. The van der Waals surface area contributed by atoms with Crippen molar-refractivity contribution in [3.63, 3.8) is 0 Å². The minimum atomic E-state index is -0.458. The van der Waals surface area contributed by atoms with E-state index in [0.717, 1.165) is 0 Å². The summed E-state index contributed by atoms with van der Waals surface area (Å²) in [6, 6.07) is 9.06. The Kier molecular flexibility index (Phi) is 9.43.